The van der Waals surface area contributed by atoms with Crippen molar-refractivity contribution in [1.82, 2.24) is 10.2 Å². The zero-order valence-electron chi connectivity index (χ0n) is 13.3. The molecule has 0 unspecified atom stereocenters. The molecule has 0 radical (unpaired) electrons. The molecule has 1 saturated heterocycles. The number of hydrogen-bond acceptors (Lipinski definition) is 2. The summed E-state index contributed by atoms with van der Waals surface area (Å²) in [6.45, 7) is 7.77. The largest absolute Gasteiger partial charge is 0.491 e. The van der Waals surface area contributed by atoms with Crippen molar-refractivity contribution in [3.63, 3.8) is 0 Å². The maximum atomic E-state index is 13.8. The molecule has 0 amide bonds. The first-order chi connectivity index (χ1) is 10.2. The van der Waals surface area contributed by atoms with E-state index >= 15 is 0 Å². The van der Waals surface area contributed by atoms with Crippen molar-refractivity contribution in [3.05, 3.63) is 29.6 Å². The molecule has 1 aliphatic heterocycles. The topological polar surface area (TPSA) is 36.9 Å². The van der Waals surface area contributed by atoms with E-state index in [1.165, 1.54) is 18.9 Å². The number of ether oxygens (including phenoxy) is 1. The summed E-state index contributed by atoms with van der Waals surface area (Å²) in [6.07, 6.45) is 2.42. The Labute approximate surface area is 149 Å². The molecule has 1 aromatic rings. The molecular weight excluding hydrogens is 396 g/mol. The standard InChI is InChI=1S/C16H24FN3O.HI/c1-3-18-16(20-9-5-6-10-20)19-12-13-7-8-15(21-4-2)14(17)11-13;/h7-8,11H,3-6,9-10,12H2,1-2H3,(H,18,19);1H. The van der Waals surface area contributed by atoms with Crippen LogP contribution in [-0.2, 0) is 6.54 Å². The van der Waals surface area contributed by atoms with Crippen LogP contribution in [0, 0.1) is 5.82 Å². The smallest absolute Gasteiger partial charge is 0.194 e. The third-order valence-corrected chi connectivity index (χ3v) is 3.45. The van der Waals surface area contributed by atoms with Gasteiger partial charge in [0.25, 0.3) is 0 Å². The van der Waals surface area contributed by atoms with Gasteiger partial charge in [0.05, 0.1) is 13.2 Å². The highest BCUT2D eigenvalue weighted by molar-refractivity contribution is 14.0. The Balaban J connectivity index is 0.00000242. The summed E-state index contributed by atoms with van der Waals surface area (Å²) in [4.78, 5) is 6.86. The van der Waals surface area contributed by atoms with E-state index in [9.17, 15) is 4.39 Å². The average molecular weight is 421 g/mol. The predicted molar refractivity (Wildman–Crippen MR) is 98.6 cm³/mol. The lowest BCUT2D eigenvalue weighted by Crippen LogP contribution is -2.39. The van der Waals surface area contributed by atoms with Gasteiger partial charge in [-0.2, -0.15) is 0 Å². The zero-order chi connectivity index (χ0) is 15.1. The predicted octanol–water partition coefficient (Wildman–Crippen LogP) is 3.40. The molecule has 0 spiro atoms. The molecule has 6 heteroatoms. The van der Waals surface area contributed by atoms with Crippen LogP contribution in [0.1, 0.15) is 32.3 Å². The molecular formula is C16H25FIN3O. The van der Waals surface area contributed by atoms with Gasteiger partial charge >= 0.3 is 0 Å². The summed E-state index contributed by atoms with van der Waals surface area (Å²) in [5.74, 6) is 0.900. The minimum Gasteiger partial charge on any atom is -0.491 e. The van der Waals surface area contributed by atoms with E-state index in [-0.39, 0.29) is 29.8 Å². The molecule has 0 bridgehead atoms. The number of guanidine groups is 1. The van der Waals surface area contributed by atoms with Crippen molar-refractivity contribution >= 4 is 29.9 Å². The Bertz CT molecular complexity index is 490. The van der Waals surface area contributed by atoms with Crippen LogP contribution < -0.4 is 10.1 Å². The maximum absolute atomic E-state index is 13.8. The number of likely N-dealkylation sites (tertiary alicyclic amines) is 1. The summed E-state index contributed by atoms with van der Waals surface area (Å²) in [7, 11) is 0. The number of hydrogen-bond donors (Lipinski definition) is 1. The lowest BCUT2D eigenvalue weighted by Gasteiger charge is -2.20. The summed E-state index contributed by atoms with van der Waals surface area (Å²) in [5.41, 5.74) is 0.852. The fourth-order valence-electron chi connectivity index (χ4n) is 2.44. The molecule has 2 rings (SSSR count). The average Bonchev–Trinajstić information content (AvgIpc) is 3.00. The first-order valence-electron chi connectivity index (χ1n) is 7.69. The van der Waals surface area contributed by atoms with Crippen LogP contribution in [0.25, 0.3) is 0 Å². The molecule has 0 aromatic heterocycles. The maximum Gasteiger partial charge on any atom is 0.194 e. The third kappa shape index (κ3) is 5.30. The van der Waals surface area contributed by atoms with Gasteiger partial charge < -0.3 is 15.0 Å². The van der Waals surface area contributed by atoms with Crippen LogP contribution in [0.15, 0.2) is 23.2 Å². The first kappa shape index (κ1) is 19.0. The van der Waals surface area contributed by atoms with Crippen LogP contribution in [0.5, 0.6) is 5.75 Å². The number of aliphatic imine (C=N–C) groups is 1. The third-order valence-electron chi connectivity index (χ3n) is 3.45. The van der Waals surface area contributed by atoms with Gasteiger partial charge in [-0.25, -0.2) is 9.38 Å². The number of halogens is 2. The molecule has 0 aliphatic carbocycles. The normalized spacial score (nSPS) is 14.7. The summed E-state index contributed by atoms with van der Waals surface area (Å²) < 4.78 is 19.0. The molecule has 1 aromatic carbocycles. The SMILES string of the molecule is CCNC(=NCc1ccc(OCC)c(F)c1)N1CCCC1.I. The highest BCUT2D eigenvalue weighted by atomic mass is 127. The summed E-state index contributed by atoms with van der Waals surface area (Å²) in [6, 6.07) is 5.04. The van der Waals surface area contributed by atoms with E-state index in [1.54, 1.807) is 6.07 Å². The van der Waals surface area contributed by atoms with E-state index in [2.05, 4.69) is 22.1 Å². The van der Waals surface area contributed by atoms with Crippen molar-refractivity contribution in [1.29, 1.82) is 0 Å². The van der Waals surface area contributed by atoms with Gasteiger partial charge in [0.1, 0.15) is 0 Å². The first-order valence-corrected chi connectivity index (χ1v) is 7.69. The van der Waals surface area contributed by atoms with Gasteiger partial charge in [-0.15, -0.1) is 24.0 Å². The molecule has 1 N–H and O–H groups in total. The number of nitrogens with one attached hydrogen (secondary N) is 1. The Kier molecular flexibility index (Phi) is 8.52. The molecule has 0 saturated carbocycles. The fourth-order valence-corrected chi connectivity index (χ4v) is 2.44. The number of nitrogens with zero attached hydrogens (tertiary/aromatic N) is 2. The molecule has 0 atom stereocenters. The lowest BCUT2D eigenvalue weighted by molar-refractivity contribution is 0.321. The van der Waals surface area contributed by atoms with Crippen molar-refractivity contribution in [2.75, 3.05) is 26.2 Å². The van der Waals surface area contributed by atoms with Gasteiger partial charge in [-0.3, -0.25) is 0 Å². The van der Waals surface area contributed by atoms with Crippen molar-refractivity contribution in [2.45, 2.75) is 33.2 Å². The Hall–Kier alpha value is -1.05. The monoisotopic (exact) mass is 421 g/mol. The highest BCUT2D eigenvalue weighted by Gasteiger charge is 2.15. The second-order valence-corrected chi connectivity index (χ2v) is 5.06. The summed E-state index contributed by atoms with van der Waals surface area (Å²) >= 11 is 0. The van der Waals surface area contributed by atoms with Crippen LogP contribution in [0.3, 0.4) is 0 Å². The molecule has 124 valence electrons. The molecule has 1 fully saturated rings. The van der Waals surface area contributed by atoms with Gasteiger partial charge in [-0.1, -0.05) is 6.07 Å². The molecule has 4 nitrogen and oxygen atoms in total. The van der Waals surface area contributed by atoms with Crippen molar-refractivity contribution in [3.8, 4) is 5.75 Å². The summed E-state index contributed by atoms with van der Waals surface area (Å²) in [5, 5.41) is 3.30. The lowest BCUT2D eigenvalue weighted by atomic mass is 10.2. The molecule has 1 heterocycles. The van der Waals surface area contributed by atoms with Crippen LogP contribution in [0.2, 0.25) is 0 Å². The number of benzene rings is 1. The van der Waals surface area contributed by atoms with E-state index in [0.717, 1.165) is 31.2 Å². The molecule has 22 heavy (non-hydrogen) atoms. The van der Waals surface area contributed by atoms with Crippen molar-refractivity contribution in [2.24, 2.45) is 4.99 Å². The minimum absolute atomic E-state index is 0. The van der Waals surface area contributed by atoms with Gasteiger partial charge in [-0.05, 0) is 44.4 Å². The Morgan fingerprint density at radius 2 is 2.05 bits per heavy atom. The fraction of sp³-hybridized carbons (Fsp3) is 0.562. The van der Waals surface area contributed by atoms with Crippen molar-refractivity contribution < 1.29 is 9.13 Å². The van der Waals surface area contributed by atoms with Crippen LogP contribution in [0.4, 0.5) is 4.39 Å². The van der Waals surface area contributed by atoms with E-state index in [1.807, 2.05) is 13.0 Å². The Morgan fingerprint density at radius 1 is 1.32 bits per heavy atom. The second kappa shape index (κ2) is 9.86. The van der Waals surface area contributed by atoms with Gasteiger partial charge in [0.2, 0.25) is 0 Å². The van der Waals surface area contributed by atoms with Gasteiger partial charge in [0.15, 0.2) is 17.5 Å². The van der Waals surface area contributed by atoms with E-state index < -0.39 is 0 Å². The Morgan fingerprint density at radius 3 is 2.64 bits per heavy atom. The quantitative estimate of drug-likeness (QED) is 0.450. The molecule has 1 aliphatic rings. The van der Waals surface area contributed by atoms with E-state index in [0.29, 0.717) is 18.9 Å². The minimum atomic E-state index is -0.323. The van der Waals surface area contributed by atoms with Crippen LogP contribution in [-0.4, -0.2) is 37.1 Å². The highest BCUT2D eigenvalue weighted by Crippen LogP contribution is 2.19. The van der Waals surface area contributed by atoms with E-state index in [4.69, 9.17) is 4.74 Å². The second-order valence-electron chi connectivity index (χ2n) is 5.06. The van der Waals surface area contributed by atoms with Crippen LogP contribution >= 0.6 is 24.0 Å². The number of rotatable bonds is 5. The van der Waals surface area contributed by atoms with Gasteiger partial charge in [0, 0.05) is 19.6 Å². The zero-order valence-corrected chi connectivity index (χ0v) is 15.6.